The summed E-state index contributed by atoms with van der Waals surface area (Å²) in [5, 5.41) is 18.7. The molecule has 0 saturated carbocycles. The Bertz CT molecular complexity index is 678. The third-order valence-electron chi connectivity index (χ3n) is 3.40. The van der Waals surface area contributed by atoms with Gasteiger partial charge in [-0.3, -0.25) is 0 Å². The van der Waals surface area contributed by atoms with Gasteiger partial charge in [0.2, 0.25) is 0 Å². The van der Waals surface area contributed by atoms with E-state index in [1.165, 1.54) is 0 Å². The SMILES string of the molecule is N#CC1=CC=CC(c2ccc(C(O)C(N)CF)cc2)=CC=C1. The van der Waals surface area contributed by atoms with Gasteiger partial charge in [0.05, 0.1) is 23.8 Å². The van der Waals surface area contributed by atoms with Gasteiger partial charge in [0.1, 0.15) is 6.67 Å². The monoisotopic (exact) mass is 296 g/mol. The number of aliphatic hydroxyl groups excluding tert-OH is 1. The van der Waals surface area contributed by atoms with Crippen LogP contribution in [-0.4, -0.2) is 17.8 Å². The molecule has 0 radical (unpaired) electrons. The molecule has 1 aromatic carbocycles. The molecule has 112 valence electrons. The molecule has 0 aromatic heterocycles. The highest BCUT2D eigenvalue weighted by atomic mass is 19.1. The number of rotatable bonds is 4. The van der Waals surface area contributed by atoms with Crippen molar-refractivity contribution in [3.05, 3.63) is 77.4 Å². The van der Waals surface area contributed by atoms with Crippen LogP contribution in [0.1, 0.15) is 17.2 Å². The molecule has 22 heavy (non-hydrogen) atoms. The fourth-order valence-corrected chi connectivity index (χ4v) is 2.09. The molecule has 0 bridgehead atoms. The largest absolute Gasteiger partial charge is 0.387 e. The Kier molecular flexibility index (Phi) is 5.42. The summed E-state index contributed by atoms with van der Waals surface area (Å²) in [5.41, 5.74) is 8.61. The van der Waals surface area contributed by atoms with Crippen LogP contribution in [-0.2, 0) is 0 Å². The number of benzene rings is 1. The summed E-state index contributed by atoms with van der Waals surface area (Å²) in [5.74, 6) is 0. The lowest BCUT2D eigenvalue weighted by atomic mass is 9.98. The summed E-state index contributed by atoms with van der Waals surface area (Å²) in [6.07, 6.45) is 9.90. The molecule has 1 aromatic rings. The summed E-state index contributed by atoms with van der Waals surface area (Å²) < 4.78 is 12.5. The van der Waals surface area contributed by atoms with Gasteiger partial charge >= 0.3 is 0 Å². The minimum Gasteiger partial charge on any atom is -0.387 e. The minimum absolute atomic E-state index is 0.588. The zero-order chi connectivity index (χ0) is 15.9. The van der Waals surface area contributed by atoms with Gasteiger partial charge < -0.3 is 10.8 Å². The second-order valence-corrected chi connectivity index (χ2v) is 4.96. The van der Waals surface area contributed by atoms with Gasteiger partial charge in [-0.05, 0) is 28.9 Å². The predicted octanol–water partition coefficient (Wildman–Crippen LogP) is 2.98. The lowest BCUT2D eigenvalue weighted by Gasteiger charge is -2.16. The molecular formula is C18H17FN2O. The molecule has 0 saturated heterocycles. The third kappa shape index (κ3) is 3.79. The molecule has 1 aliphatic carbocycles. The summed E-state index contributed by atoms with van der Waals surface area (Å²) >= 11 is 0. The van der Waals surface area contributed by atoms with Crippen molar-refractivity contribution < 1.29 is 9.50 Å². The number of alkyl halides is 1. The van der Waals surface area contributed by atoms with Crippen molar-refractivity contribution in [2.45, 2.75) is 12.1 Å². The number of hydrogen-bond acceptors (Lipinski definition) is 3. The van der Waals surface area contributed by atoms with Crippen LogP contribution >= 0.6 is 0 Å². The van der Waals surface area contributed by atoms with E-state index in [1.54, 1.807) is 24.3 Å². The maximum Gasteiger partial charge on any atom is 0.107 e. The Morgan fingerprint density at radius 3 is 2.45 bits per heavy atom. The van der Waals surface area contributed by atoms with Crippen molar-refractivity contribution in [1.82, 2.24) is 0 Å². The first-order chi connectivity index (χ1) is 10.7. The molecule has 3 N–H and O–H groups in total. The molecule has 2 unspecified atom stereocenters. The maximum atomic E-state index is 12.5. The average Bonchev–Trinajstić information content (AvgIpc) is 2.54. The van der Waals surface area contributed by atoms with Gasteiger partial charge in [-0.15, -0.1) is 0 Å². The topological polar surface area (TPSA) is 70.0 Å². The summed E-state index contributed by atoms with van der Waals surface area (Å²) in [4.78, 5) is 0. The summed E-state index contributed by atoms with van der Waals surface area (Å²) in [6.45, 7) is -0.769. The highest BCUT2D eigenvalue weighted by Gasteiger charge is 2.16. The fraction of sp³-hybridized carbons (Fsp3) is 0.167. The second-order valence-electron chi connectivity index (χ2n) is 4.96. The van der Waals surface area contributed by atoms with Crippen molar-refractivity contribution >= 4 is 5.57 Å². The maximum absolute atomic E-state index is 12.5. The van der Waals surface area contributed by atoms with Crippen molar-refractivity contribution in [2.24, 2.45) is 5.73 Å². The second kappa shape index (κ2) is 7.51. The number of nitriles is 1. The number of nitrogens with two attached hydrogens (primary N) is 1. The van der Waals surface area contributed by atoms with E-state index in [4.69, 9.17) is 11.0 Å². The Hall–Kier alpha value is -2.48. The molecule has 1 aliphatic rings. The Balaban J connectivity index is 2.20. The molecule has 4 heteroatoms. The van der Waals surface area contributed by atoms with E-state index in [9.17, 15) is 9.50 Å². The first-order valence-electron chi connectivity index (χ1n) is 6.92. The van der Waals surface area contributed by atoms with Crippen molar-refractivity contribution in [3.63, 3.8) is 0 Å². The van der Waals surface area contributed by atoms with E-state index in [-0.39, 0.29) is 0 Å². The first kappa shape index (κ1) is 15.9. The Morgan fingerprint density at radius 2 is 1.82 bits per heavy atom. The molecule has 0 aliphatic heterocycles. The fourth-order valence-electron chi connectivity index (χ4n) is 2.09. The molecule has 0 heterocycles. The number of hydrogen-bond donors (Lipinski definition) is 2. The zero-order valence-corrected chi connectivity index (χ0v) is 12.0. The van der Waals surface area contributed by atoms with Crippen LogP contribution in [0.2, 0.25) is 0 Å². The molecule has 3 nitrogen and oxygen atoms in total. The van der Waals surface area contributed by atoms with Gasteiger partial charge in [-0.1, -0.05) is 48.6 Å². The van der Waals surface area contributed by atoms with Gasteiger partial charge in [-0.25, -0.2) is 4.39 Å². The van der Waals surface area contributed by atoms with Crippen LogP contribution < -0.4 is 5.73 Å². The normalized spacial score (nSPS) is 16.8. The average molecular weight is 296 g/mol. The van der Waals surface area contributed by atoms with Crippen LogP contribution in [0.4, 0.5) is 4.39 Å². The van der Waals surface area contributed by atoms with E-state index in [0.29, 0.717) is 11.1 Å². The molecule has 2 atom stereocenters. The van der Waals surface area contributed by atoms with Gasteiger partial charge in [0.25, 0.3) is 0 Å². The van der Waals surface area contributed by atoms with Crippen LogP contribution in [0.5, 0.6) is 0 Å². The predicted molar refractivity (Wildman–Crippen MR) is 85.3 cm³/mol. The highest BCUT2D eigenvalue weighted by Crippen LogP contribution is 2.22. The Morgan fingerprint density at radius 1 is 1.14 bits per heavy atom. The quantitative estimate of drug-likeness (QED) is 0.897. The van der Waals surface area contributed by atoms with Crippen LogP contribution in [0.3, 0.4) is 0 Å². The first-order valence-corrected chi connectivity index (χ1v) is 6.92. The van der Waals surface area contributed by atoms with Crippen molar-refractivity contribution in [3.8, 4) is 6.07 Å². The summed E-state index contributed by atoms with van der Waals surface area (Å²) in [7, 11) is 0. The van der Waals surface area contributed by atoms with Gasteiger partial charge in [0, 0.05) is 0 Å². The number of halogens is 1. The van der Waals surface area contributed by atoms with Crippen molar-refractivity contribution in [2.75, 3.05) is 6.67 Å². The summed E-state index contributed by atoms with van der Waals surface area (Å²) in [6, 6.07) is 8.35. The van der Waals surface area contributed by atoms with Crippen LogP contribution in [0, 0.1) is 11.3 Å². The number of allylic oxidation sites excluding steroid dienone is 8. The number of nitrogens with zero attached hydrogens (tertiary/aromatic N) is 1. The molecule has 0 fully saturated rings. The third-order valence-corrected chi connectivity index (χ3v) is 3.40. The lowest BCUT2D eigenvalue weighted by molar-refractivity contribution is 0.132. The lowest BCUT2D eigenvalue weighted by Crippen LogP contribution is -2.30. The van der Waals surface area contributed by atoms with Crippen LogP contribution in [0.25, 0.3) is 5.57 Å². The number of aliphatic hydroxyl groups is 1. The molecule has 2 rings (SSSR count). The van der Waals surface area contributed by atoms with E-state index < -0.39 is 18.8 Å². The van der Waals surface area contributed by atoms with E-state index in [1.807, 2.05) is 36.4 Å². The standard InChI is InChI=1S/C18H17FN2O/c19-11-17(21)18(22)16-9-7-15(8-10-16)14-5-1-3-13(12-20)4-2-6-14/h1-10,17-18,22H,11,21H2. The Labute approximate surface area is 129 Å². The molecule has 0 spiro atoms. The highest BCUT2D eigenvalue weighted by molar-refractivity contribution is 5.76. The van der Waals surface area contributed by atoms with E-state index >= 15 is 0 Å². The molecular weight excluding hydrogens is 279 g/mol. The van der Waals surface area contributed by atoms with Crippen molar-refractivity contribution in [1.29, 1.82) is 5.26 Å². The van der Waals surface area contributed by atoms with E-state index in [2.05, 4.69) is 6.07 Å². The smallest absolute Gasteiger partial charge is 0.107 e. The van der Waals surface area contributed by atoms with Crippen LogP contribution in [0.15, 0.2) is 66.3 Å². The minimum atomic E-state index is -1.01. The van der Waals surface area contributed by atoms with Gasteiger partial charge in [0.15, 0.2) is 0 Å². The van der Waals surface area contributed by atoms with Gasteiger partial charge in [-0.2, -0.15) is 5.26 Å². The zero-order valence-electron chi connectivity index (χ0n) is 12.0. The molecule has 0 amide bonds. The van der Waals surface area contributed by atoms with E-state index in [0.717, 1.165) is 11.1 Å².